The first kappa shape index (κ1) is 18.9. The van der Waals surface area contributed by atoms with Crippen molar-refractivity contribution < 1.29 is 0 Å². The lowest BCUT2D eigenvalue weighted by atomic mass is 10.1. The molecule has 1 saturated heterocycles. The molecule has 0 aromatic carbocycles. The summed E-state index contributed by atoms with van der Waals surface area (Å²) in [6.07, 6.45) is 5.26. The molecule has 0 amide bonds. The van der Waals surface area contributed by atoms with E-state index in [4.69, 9.17) is 0 Å². The topological polar surface area (TPSA) is 52.6 Å². The molecule has 0 atom stereocenters. The van der Waals surface area contributed by atoms with Crippen molar-refractivity contribution in [1.82, 2.24) is 20.5 Å². The molecule has 3 rings (SSSR count). The molecule has 5 nitrogen and oxygen atoms in total. The third kappa shape index (κ3) is 5.29. The van der Waals surface area contributed by atoms with Crippen LogP contribution in [0.25, 0.3) is 0 Å². The minimum atomic E-state index is 0. The van der Waals surface area contributed by atoms with Crippen LogP contribution in [0.4, 0.5) is 0 Å². The Balaban J connectivity index is 0.00000192. The lowest BCUT2D eigenvalue weighted by Crippen LogP contribution is -2.48. The zero-order valence-corrected chi connectivity index (χ0v) is 17.4. The summed E-state index contributed by atoms with van der Waals surface area (Å²) in [5.74, 6) is 0.912. The summed E-state index contributed by atoms with van der Waals surface area (Å²) < 4.78 is 0. The molecule has 130 valence electrons. The summed E-state index contributed by atoms with van der Waals surface area (Å²) in [4.78, 5) is 12.8. The molecule has 2 fully saturated rings. The van der Waals surface area contributed by atoms with E-state index < -0.39 is 0 Å². The Bertz CT molecular complexity index is 533. The zero-order chi connectivity index (χ0) is 15.5. The van der Waals surface area contributed by atoms with Gasteiger partial charge in [0.2, 0.25) is 0 Å². The molecule has 0 bridgehead atoms. The molecule has 2 N–H and O–H groups in total. The molecule has 1 saturated carbocycles. The van der Waals surface area contributed by atoms with Gasteiger partial charge in [-0.3, -0.25) is 4.99 Å². The van der Waals surface area contributed by atoms with Gasteiger partial charge in [0.25, 0.3) is 0 Å². The number of guanidine groups is 1. The number of aliphatic imine (C=N–C) groups is 1. The third-order valence-electron chi connectivity index (χ3n) is 4.57. The van der Waals surface area contributed by atoms with Gasteiger partial charge in [-0.2, -0.15) is 0 Å². The molecule has 2 aliphatic rings. The first-order valence-electron chi connectivity index (χ1n) is 8.30. The molecule has 1 aromatic heterocycles. The van der Waals surface area contributed by atoms with Crippen molar-refractivity contribution in [2.45, 2.75) is 58.2 Å². The minimum Gasteiger partial charge on any atom is -0.354 e. The van der Waals surface area contributed by atoms with E-state index in [9.17, 15) is 0 Å². The molecule has 0 spiro atoms. The first-order valence-corrected chi connectivity index (χ1v) is 9.11. The number of aromatic nitrogens is 1. The number of hydrogen-bond acceptors (Lipinski definition) is 4. The van der Waals surface area contributed by atoms with E-state index in [1.807, 2.05) is 7.05 Å². The number of nitrogens with zero attached hydrogens (tertiary/aromatic N) is 3. The second kappa shape index (κ2) is 8.62. The van der Waals surface area contributed by atoms with E-state index in [1.54, 1.807) is 11.3 Å². The Labute approximate surface area is 160 Å². The van der Waals surface area contributed by atoms with E-state index in [1.165, 1.54) is 43.6 Å². The molecule has 1 aromatic rings. The summed E-state index contributed by atoms with van der Waals surface area (Å²) >= 11 is 1.76. The maximum absolute atomic E-state index is 4.47. The van der Waals surface area contributed by atoms with Crippen LogP contribution in [-0.2, 0) is 6.54 Å². The number of rotatable bonds is 4. The molecule has 23 heavy (non-hydrogen) atoms. The molecular formula is C16H28IN5S. The second-order valence-corrected chi connectivity index (χ2v) is 7.64. The molecular weight excluding hydrogens is 421 g/mol. The maximum Gasteiger partial charge on any atom is 0.191 e. The molecule has 0 unspecified atom stereocenters. The van der Waals surface area contributed by atoms with Gasteiger partial charge in [-0.25, -0.2) is 4.98 Å². The van der Waals surface area contributed by atoms with Crippen molar-refractivity contribution in [3.8, 4) is 0 Å². The Kier molecular flexibility index (Phi) is 7.09. The summed E-state index contributed by atoms with van der Waals surface area (Å²) in [5, 5.41) is 8.14. The van der Waals surface area contributed by atoms with Gasteiger partial charge in [-0.15, -0.1) is 35.3 Å². The van der Waals surface area contributed by atoms with Crippen LogP contribution in [-0.4, -0.2) is 48.1 Å². The van der Waals surface area contributed by atoms with Crippen molar-refractivity contribution in [2.24, 2.45) is 4.99 Å². The van der Waals surface area contributed by atoms with Gasteiger partial charge in [0.05, 0.1) is 17.2 Å². The number of aryl methyl sites for hydroxylation is 2. The molecule has 1 aliphatic heterocycles. The smallest absolute Gasteiger partial charge is 0.191 e. The van der Waals surface area contributed by atoms with Gasteiger partial charge in [0, 0.05) is 37.1 Å². The van der Waals surface area contributed by atoms with Gasteiger partial charge in [0.15, 0.2) is 5.96 Å². The van der Waals surface area contributed by atoms with Crippen molar-refractivity contribution in [3.63, 3.8) is 0 Å². The number of halogens is 1. The number of piperidine rings is 1. The van der Waals surface area contributed by atoms with E-state index in [0.29, 0.717) is 6.04 Å². The van der Waals surface area contributed by atoms with Crippen LogP contribution in [0.2, 0.25) is 0 Å². The van der Waals surface area contributed by atoms with Crippen molar-refractivity contribution >= 4 is 41.3 Å². The van der Waals surface area contributed by atoms with E-state index in [0.717, 1.165) is 29.2 Å². The van der Waals surface area contributed by atoms with Crippen LogP contribution in [0.5, 0.6) is 0 Å². The SMILES string of the molecule is CN=C(NCc1sc(C)nc1C)NC1CCN(C2CC2)CC1.I. The molecule has 0 radical (unpaired) electrons. The lowest BCUT2D eigenvalue weighted by Gasteiger charge is -2.33. The average Bonchev–Trinajstić information content (AvgIpc) is 3.30. The predicted octanol–water partition coefficient (Wildman–Crippen LogP) is 2.67. The van der Waals surface area contributed by atoms with Crippen LogP contribution < -0.4 is 10.6 Å². The van der Waals surface area contributed by atoms with Crippen molar-refractivity contribution in [3.05, 3.63) is 15.6 Å². The van der Waals surface area contributed by atoms with E-state index in [-0.39, 0.29) is 24.0 Å². The minimum absolute atomic E-state index is 0. The van der Waals surface area contributed by atoms with Crippen LogP contribution >= 0.6 is 35.3 Å². The fourth-order valence-electron chi connectivity index (χ4n) is 3.14. The highest BCUT2D eigenvalue weighted by Crippen LogP contribution is 2.29. The second-order valence-electron chi connectivity index (χ2n) is 6.35. The summed E-state index contributed by atoms with van der Waals surface area (Å²) in [7, 11) is 1.85. The fourth-order valence-corrected chi connectivity index (χ4v) is 4.01. The predicted molar refractivity (Wildman–Crippen MR) is 108 cm³/mol. The highest BCUT2D eigenvalue weighted by Gasteiger charge is 2.31. The van der Waals surface area contributed by atoms with Crippen LogP contribution in [0, 0.1) is 13.8 Å². The zero-order valence-electron chi connectivity index (χ0n) is 14.3. The molecule has 2 heterocycles. The third-order valence-corrected chi connectivity index (χ3v) is 5.65. The Hall–Kier alpha value is -0.410. The number of hydrogen-bond donors (Lipinski definition) is 2. The van der Waals surface area contributed by atoms with E-state index >= 15 is 0 Å². The summed E-state index contributed by atoms with van der Waals surface area (Å²) in [6, 6.07) is 1.45. The van der Waals surface area contributed by atoms with Gasteiger partial charge < -0.3 is 15.5 Å². The standard InChI is InChI=1S/C16H27N5S.HI/c1-11-15(22-12(2)19-11)10-18-16(17-3)20-13-6-8-21(9-7-13)14-4-5-14;/h13-14H,4-10H2,1-3H3,(H2,17,18,20);1H. The van der Waals surface area contributed by atoms with Crippen molar-refractivity contribution in [1.29, 1.82) is 0 Å². The van der Waals surface area contributed by atoms with E-state index in [2.05, 4.69) is 39.4 Å². The summed E-state index contributed by atoms with van der Waals surface area (Å²) in [5.41, 5.74) is 1.13. The van der Waals surface area contributed by atoms with Gasteiger partial charge in [-0.1, -0.05) is 0 Å². The van der Waals surface area contributed by atoms with Crippen LogP contribution in [0.15, 0.2) is 4.99 Å². The quantitative estimate of drug-likeness (QED) is 0.422. The normalized spacial score (nSPS) is 20.2. The van der Waals surface area contributed by atoms with Gasteiger partial charge >= 0.3 is 0 Å². The summed E-state index contributed by atoms with van der Waals surface area (Å²) in [6.45, 7) is 7.39. The number of nitrogens with one attached hydrogen (secondary N) is 2. The van der Waals surface area contributed by atoms with Crippen LogP contribution in [0.1, 0.15) is 41.3 Å². The largest absolute Gasteiger partial charge is 0.354 e. The Morgan fingerprint density at radius 1 is 1.26 bits per heavy atom. The monoisotopic (exact) mass is 449 g/mol. The number of thiazole rings is 1. The highest BCUT2D eigenvalue weighted by molar-refractivity contribution is 14.0. The van der Waals surface area contributed by atoms with Gasteiger partial charge in [-0.05, 0) is 39.5 Å². The van der Waals surface area contributed by atoms with Gasteiger partial charge in [0.1, 0.15) is 0 Å². The fraction of sp³-hybridized carbons (Fsp3) is 0.750. The molecule has 1 aliphatic carbocycles. The number of likely N-dealkylation sites (tertiary alicyclic amines) is 1. The lowest BCUT2D eigenvalue weighted by molar-refractivity contribution is 0.197. The molecule has 7 heteroatoms. The van der Waals surface area contributed by atoms with Crippen LogP contribution in [0.3, 0.4) is 0 Å². The Morgan fingerprint density at radius 3 is 2.48 bits per heavy atom. The Morgan fingerprint density at radius 2 is 1.96 bits per heavy atom. The van der Waals surface area contributed by atoms with Crippen molar-refractivity contribution in [2.75, 3.05) is 20.1 Å². The maximum atomic E-state index is 4.47. The first-order chi connectivity index (χ1) is 10.7. The average molecular weight is 449 g/mol. The highest BCUT2D eigenvalue weighted by atomic mass is 127.